The fourth-order valence-corrected chi connectivity index (χ4v) is 3.43. The molecular formula is C18H25NOS. The van der Waals surface area contributed by atoms with E-state index in [0.717, 1.165) is 31.6 Å². The molecular weight excluding hydrogens is 278 g/mol. The largest absolute Gasteiger partial charge is 0.497 e. The zero-order valence-corrected chi connectivity index (χ0v) is 14.0. The summed E-state index contributed by atoms with van der Waals surface area (Å²) in [5, 5.41) is 3.68. The molecule has 0 radical (unpaired) electrons. The Hall–Kier alpha value is -1.32. The molecule has 1 atom stereocenters. The molecule has 0 aliphatic carbocycles. The molecule has 0 saturated carbocycles. The molecule has 1 unspecified atom stereocenters. The van der Waals surface area contributed by atoms with Crippen molar-refractivity contribution in [2.45, 2.75) is 39.2 Å². The molecule has 0 saturated heterocycles. The predicted molar refractivity (Wildman–Crippen MR) is 91.4 cm³/mol. The second-order valence-electron chi connectivity index (χ2n) is 5.22. The van der Waals surface area contributed by atoms with Gasteiger partial charge in [-0.15, -0.1) is 11.3 Å². The highest BCUT2D eigenvalue weighted by Crippen LogP contribution is 2.27. The van der Waals surface area contributed by atoms with Crippen LogP contribution in [0.15, 0.2) is 36.4 Å². The van der Waals surface area contributed by atoms with E-state index in [1.807, 2.05) is 17.4 Å². The molecule has 21 heavy (non-hydrogen) atoms. The second kappa shape index (κ2) is 8.20. The van der Waals surface area contributed by atoms with Crippen LogP contribution in [0.25, 0.3) is 0 Å². The first-order valence-electron chi connectivity index (χ1n) is 7.71. The van der Waals surface area contributed by atoms with Crippen molar-refractivity contribution >= 4 is 11.3 Å². The van der Waals surface area contributed by atoms with Crippen LogP contribution in [0.1, 0.15) is 41.6 Å². The maximum absolute atomic E-state index is 5.33. The summed E-state index contributed by atoms with van der Waals surface area (Å²) in [5.41, 5.74) is 1.31. The minimum Gasteiger partial charge on any atom is -0.497 e. The highest BCUT2D eigenvalue weighted by Gasteiger charge is 2.14. The Morgan fingerprint density at radius 2 is 2.05 bits per heavy atom. The number of benzene rings is 1. The van der Waals surface area contributed by atoms with E-state index in [0.29, 0.717) is 6.04 Å². The molecule has 3 heteroatoms. The summed E-state index contributed by atoms with van der Waals surface area (Å²) in [6.45, 7) is 5.47. The Morgan fingerprint density at radius 1 is 1.19 bits per heavy atom. The molecule has 2 nitrogen and oxygen atoms in total. The van der Waals surface area contributed by atoms with Gasteiger partial charge in [0, 0.05) is 15.8 Å². The summed E-state index contributed by atoms with van der Waals surface area (Å²) in [4.78, 5) is 2.89. The van der Waals surface area contributed by atoms with Crippen molar-refractivity contribution in [2.24, 2.45) is 0 Å². The Bertz CT molecular complexity index is 550. The van der Waals surface area contributed by atoms with Crippen LogP contribution in [0.4, 0.5) is 0 Å². The van der Waals surface area contributed by atoms with Crippen molar-refractivity contribution in [3.8, 4) is 5.75 Å². The van der Waals surface area contributed by atoms with Gasteiger partial charge >= 0.3 is 0 Å². The first kappa shape index (κ1) is 16.1. The van der Waals surface area contributed by atoms with E-state index in [4.69, 9.17) is 4.74 Å². The zero-order valence-electron chi connectivity index (χ0n) is 13.2. The smallest absolute Gasteiger partial charge is 0.119 e. The highest BCUT2D eigenvalue weighted by molar-refractivity contribution is 7.12. The lowest BCUT2D eigenvalue weighted by molar-refractivity contribution is 0.414. The monoisotopic (exact) mass is 303 g/mol. The van der Waals surface area contributed by atoms with Gasteiger partial charge in [-0.3, -0.25) is 0 Å². The molecule has 0 aliphatic rings. The maximum Gasteiger partial charge on any atom is 0.119 e. The molecule has 0 amide bonds. The molecule has 2 aromatic rings. The van der Waals surface area contributed by atoms with Gasteiger partial charge in [0.15, 0.2) is 0 Å². The van der Waals surface area contributed by atoms with Crippen LogP contribution in [0, 0.1) is 0 Å². The van der Waals surface area contributed by atoms with Gasteiger partial charge in [0.2, 0.25) is 0 Å². The highest BCUT2D eigenvalue weighted by atomic mass is 32.1. The van der Waals surface area contributed by atoms with Crippen LogP contribution in [-0.2, 0) is 12.8 Å². The molecule has 0 bridgehead atoms. The topological polar surface area (TPSA) is 21.3 Å². The van der Waals surface area contributed by atoms with E-state index in [1.54, 1.807) is 7.11 Å². The van der Waals surface area contributed by atoms with E-state index in [2.05, 4.69) is 49.5 Å². The Kier molecular flexibility index (Phi) is 6.27. The summed E-state index contributed by atoms with van der Waals surface area (Å²) in [6.07, 6.45) is 3.27. The average Bonchev–Trinajstić information content (AvgIpc) is 3.00. The molecule has 1 heterocycles. The van der Waals surface area contributed by atoms with Crippen molar-refractivity contribution in [1.82, 2.24) is 5.32 Å². The average molecular weight is 303 g/mol. The number of hydrogen-bond donors (Lipinski definition) is 1. The number of rotatable bonds is 8. The van der Waals surface area contributed by atoms with Crippen LogP contribution in [0.2, 0.25) is 0 Å². The lowest BCUT2D eigenvalue weighted by atomic mass is 10.0. The first-order chi connectivity index (χ1) is 10.3. The molecule has 1 aromatic carbocycles. The third-order valence-electron chi connectivity index (χ3n) is 3.59. The van der Waals surface area contributed by atoms with Gasteiger partial charge in [0.25, 0.3) is 0 Å². The Labute approximate surface area is 132 Å². The van der Waals surface area contributed by atoms with Gasteiger partial charge < -0.3 is 10.1 Å². The van der Waals surface area contributed by atoms with Crippen molar-refractivity contribution < 1.29 is 4.74 Å². The van der Waals surface area contributed by atoms with Crippen LogP contribution in [-0.4, -0.2) is 13.7 Å². The fourth-order valence-electron chi connectivity index (χ4n) is 2.40. The molecule has 0 spiro atoms. The normalized spacial score (nSPS) is 12.3. The number of ether oxygens (including phenoxy) is 1. The number of methoxy groups -OCH3 is 1. The Morgan fingerprint density at radius 3 is 2.71 bits per heavy atom. The van der Waals surface area contributed by atoms with Gasteiger partial charge in [0.05, 0.1) is 7.11 Å². The standard InChI is InChI=1S/C18H25NOS/c1-4-11-19-17(18-10-9-16(5-2)21-18)13-14-7-6-8-15(12-14)20-3/h6-10,12,17,19H,4-5,11,13H2,1-3H3. The Balaban J connectivity index is 2.15. The predicted octanol–water partition coefficient (Wildman–Crippen LogP) is 4.60. The van der Waals surface area contributed by atoms with E-state index < -0.39 is 0 Å². The maximum atomic E-state index is 5.33. The zero-order chi connectivity index (χ0) is 15.1. The van der Waals surface area contributed by atoms with Crippen LogP contribution >= 0.6 is 11.3 Å². The molecule has 0 aliphatic heterocycles. The first-order valence-corrected chi connectivity index (χ1v) is 8.53. The van der Waals surface area contributed by atoms with E-state index >= 15 is 0 Å². The molecule has 1 aromatic heterocycles. The SMILES string of the molecule is CCCNC(Cc1cccc(OC)c1)c1ccc(CC)s1. The van der Waals surface area contributed by atoms with Gasteiger partial charge in [-0.2, -0.15) is 0 Å². The molecule has 2 rings (SSSR count). The third-order valence-corrected chi connectivity index (χ3v) is 4.93. The molecule has 0 fully saturated rings. The number of nitrogens with one attached hydrogen (secondary N) is 1. The number of thiophene rings is 1. The summed E-state index contributed by atoms with van der Waals surface area (Å²) in [5.74, 6) is 0.933. The van der Waals surface area contributed by atoms with Crippen LogP contribution < -0.4 is 10.1 Å². The number of hydrogen-bond acceptors (Lipinski definition) is 3. The fraction of sp³-hybridized carbons (Fsp3) is 0.444. The van der Waals surface area contributed by atoms with E-state index in [-0.39, 0.29) is 0 Å². The molecule has 114 valence electrons. The van der Waals surface area contributed by atoms with Crippen LogP contribution in [0.5, 0.6) is 5.75 Å². The molecule has 1 N–H and O–H groups in total. The summed E-state index contributed by atoms with van der Waals surface area (Å²) < 4.78 is 5.33. The van der Waals surface area contributed by atoms with E-state index in [9.17, 15) is 0 Å². The summed E-state index contributed by atoms with van der Waals surface area (Å²) >= 11 is 1.93. The van der Waals surface area contributed by atoms with Gasteiger partial charge in [0.1, 0.15) is 5.75 Å². The third kappa shape index (κ3) is 4.58. The number of aryl methyl sites for hydroxylation is 1. The van der Waals surface area contributed by atoms with Crippen molar-refractivity contribution in [1.29, 1.82) is 0 Å². The summed E-state index contributed by atoms with van der Waals surface area (Å²) in [6, 6.07) is 13.3. The quantitative estimate of drug-likeness (QED) is 0.769. The van der Waals surface area contributed by atoms with Crippen molar-refractivity contribution in [2.75, 3.05) is 13.7 Å². The second-order valence-corrected chi connectivity index (χ2v) is 6.42. The summed E-state index contributed by atoms with van der Waals surface area (Å²) in [7, 11) is 1.72. The lowest BCUT2D eigenvalue weighted by Crippen LogP contribution is -2.23. The van der Waals surface area contributed by atoms with Crippen LogP contribution in [0.3, 0.4) is 0 Å². The minimum absolute atomic E-state index is 0.391. The minimum atomic E-state index is 0.391. The van der Waals surface area contributed by atoms with Crippen molar-refractivity contribution in [3.63, 3.8) is 0 Å². The van der Waals surface area contributed by atoms with Crippen molar-refractivity contribution in [3.05, 3.63) is 51.7 Å². The van der Waals surface area contributed by atoms with Gasteiger partial charge in [-0.1, -0.05) is 26.0 Å². The van der Waals surface area contributed by atoms with Gasteiger partial charge in [-0.25, -0.2) is 0 Å². The lowest BCUT2D eigenvalue weighted by Gasteiger charge is -2.17. The van der Waals surface area contributed by atoms with E-state index in [1.165, 1.54) is 15.3 Å². The van der Waals surface area contributed by atoms with Gasteiger partial charge in [-0.05, 0) is 55.6 Å².